The fourth-order valence-electron chi connectivity index (χ4n) is 2.65. The Balaban J connectivity index is 1.77. The van der Waals surface area contributed by atoms with E-state index in [4.69, 9.17) is 0 Å². The summed E-state index contributed by atoms with van der Waals surface area (Å²) in [5, 5.41) is 15.4. The number of carbonyl (C=O) groups is 1. The molecule has 0 aromatic carbocycles. The SMILES string of the molecule is CC(Nc1nc2c(cc1C#N)CCCC2)C(=O)NC1CC1. The van der Waals surface area contributed by atoms with Crippen molar-refractivity contribution in [2.75, 3.05) is 5.32 Å². The van der Waals surface area contributed by atoms with Crippen molar-refractivity contribution in [1.29, 1.82) is 5.26 Å². The second-order valence-electron chi connectivity index (χ2n) is 5.96. The third-order valence-corrected chi connectivity index (χ3v) is 4.09. The Kier molecular flexibility index (Phi) is 3.78. The van der Waals surface area contributed by atoms with E-state index in [1.807, 2.05) is 6.07 Å². The summed E-state index contributed by atoms with van der Waals surface area (Å²) in [5.41, 5.74) is 2.78. The van der Waals surface area contributed by atoms with E-state index in [1.54, 1.807) is 6.92 Å². The monoisotopic (exact) mass is 284 g/mol. The molecule has 0 radical (unpaired) electrons. The molecule has 3 rings (SSSR count). The zero-order chi connectivity index (χ0) is 14.8. The highest BCUT2D eigenvalue weighted by Gasteiger charge is 2.26. The zero-order valence-electron chi connectivity index (χ0n) is 12.3. The van der Waals surface area contributed by atoms with Crippen LogP contribution in [0, 0.1) is 11.3 Å². The Labute approximate surface area is 124 Å². The molecule has 5 nitrogen and oxygen atoms in total. The summed E-state index contributed by atoms with van der Waals surface area (Å²) in [6.45, 7) is 1.81. The molecule has 0 spiro atoms. The van der Waals surface area contributed by atoms with Gasteiger partial charge in [0.25, 0.3) is 0 Å². The Bertz CT molecular complexity index is 601. The molecular weight excluding hydrogens is 264 g/mol. The Morgan fingerprint density at radius 3 is 2.90 bits per heavy atom. The molecule has 21 heavy (non-hydrogen) atoms. The number of aryl methyl sites for hydroxylation is 2. The summed E-state index contributed by atoms with van der Waals surface area (Å²) in [6, 6.07) is 4.07. The van der Waals surface area contributed by atoms with E-state index in [0.29, 0.717) is 17.4 Å². The van der Waals surface area contributed by atoms with Crippen LogP contribution in [0.5, 0.6) is 0 Å². The first-order chi connectivity index (χ1) is 10.2. The van der Waals surface area contributed by atoms with E-state index in [9.17, 15) is 10.1 Å². The average molecular weight is 284 g/mol. The van der Waals surface area contributed by atoms with Crippen molar-refractivity contribution in [2.24, 2.45) is 0 Å². The minimum Gasteiger partial charge on any atom is -0.358 e. The summed E-state index contributed by atoms with van der Waals surface area (Å²) in [4.78, 5) is 16.6. The van der Waals surface area contributed by atoms with Gasteiger partial charge in [-0.3, -0.25) is 4.79 Å². The maximum absolute atomic E-state index is 12.0. The van der Waals surface area contributed by atoms with Crippen LogP contribution in [0.15, 0.2) is 6.07 Å². The molecule has 5 heteroatoms. The smallest absolute Gasteiger partial charge is 0.242 e. The number of aromatic nitrogens is 1. The Morgan fingerprint density at radius 2 is 2.19 bits per heavy atom. The van der Waals surface area contributed by atoms with Crippen LogP contribution in [0.2, 0.25) is 0 Å². The first kappa shape index (κ1) is 13.9. The molecule has 1 aromatic rings. The highest BCUT2D eigenvalue weighted by Crippen LogP contribution is 2.25. The van der Waals surface area contributed by atoms with Crippen LogP contribution in [0.4, 0.5) is 5.82 Å². The van der Waals surface area contributed by atoms with Gasteiger partial charge in [0, 0.05) is 11.7 Å². The molecule has 1 atom stereocenters. The largest absolute Gasteiger partial charge is 0.358 e. The van der Waals surface area contributed by atoms with E-state index in [2.05, 4.69) is 21.7 Å². The average Bonchev–Trinajstić information content (AvgIpc) is 3.30. The van der Waals surface area contributed by atoms with Gasteiger partial charge < -0.3 is 10.6 Å². The van der Waals surface area contributed by atoms with Crippen molar-refractivity contribution >= 4 is 11.7 Å². The third-order valence-electron chi connectivity index (χ3n) is 4.09. The molecule has 1 amide bonds. The summed E-state index contributed by atoms with van der Waals surface area (Å²) in [7, 11) is 0. The highest BCUT2D eigenvalue weighted by atomic mass is 16.2. The normalized spacial score (nSPS) is 18.3. The molecule has 1 unspecified atom stereocenters. The topological polar surface area (TPSA) is 77.8 Å². The minimum absolute atomic E-state index is 0.0269. The second kappa shape index (κ2) is 5.72. The van der Waals surface area contributed by atoms with Crippen molar-refractivity contribution < 1.29 is 4.79 Å². The van der Waals surface area contributed by atoms with Gasteiger partial charge in [-0.1, -0.05) is 0 Å². The van der Waals surface area contributed by atoms with Crippen molar-refractivity contribution in [3.05, 3.63) is 22.9 Å². The van der Waals surface area contributed by atoms with Crippen molar-refractivity contribution in [1.82, 2.24) is 10.3 Å². The molecule has 1 fully saturated rings. The summed E-state index contributed by atoms with van der Waals surface area (Å²) < 4.78 is 0. The number of nitriles is 1. The molecule has 110 valence electrons. The summed E-state index contributed by atoms with van der Waals surface area (Å²) in [5.74, 6) is 0.512. The lowest BCUT2D eigenvalue weighted by Gasteiger charge is -2.19. The first-order valence-corrected chi connectivity index (χ1v) is 7.67. The number of nitrogens with one attached hydrogen (secondary N) is 2. The molecule has 1 aromatic heterocycles. The van der Waals surface area contributed by atoms with Gasteiger partial charge in [0.05, 0.1) is 5.56 Å². The predicted molar refractivity (Wildman–Crippen MR) is 79.8 cm³/mol. The number of hydrogen-bond donors (Lipinski definition) is 2. The molecule has 1 heterocycles. The van der Waals surface area contributed by atoms with Gasteiger partial charge in [0.15, 0.2) is 0 Å². The Hall–Kier alpha value is -2.09. The van der Waals surface area contributed by atoms with Gasteiger partial charge >= 0.3 is 0 Å². The van der Waals surface area contributed by atoms with Crippen LogP contribution < -0.4 is 10.6 Å². The molecule has 2 aliphatic carbocycles. The number of amides is 1. The third kappa shape index (κ3) is 3.15. The van der Waals surface area contributed by atoms with Crippen LogP contribution in [-0.2, 0) is 17.6 Å². The van der Waals surface area contributed by atoms with Crippen molar-refractivity contribution in [3.8, 4) is 6.07 Å². The second-order valence-corrected chi connectivity index (χ2v) is 5.96. The van der Waals surface area contributed by atoms with Crippen molar-refractivity contribution in [3.63, 3.8) is 0 Å². The minimum atomic E-state index is -0.383. The Morgan fingerprint density at radius 1 is 1.43 bits per heavy atom. The van der Waals surface area contributed by atoms with Crippen molar-refractivity contribution in [2.45, 2.75) is 57.5 Å². The van der Waals surface area contributed by atoms with Gasteiger partial charge in [-0.15, -0.1) is 0 Å². The quantitative estimate of drug-likeness (QED) is 0.885. The summed E-state index contributed by atoms with van der Waals surface area (Å²) in [6.07, 6.45) is 6.39. The van der Waals surface area contributed by atoms with E-state index >= 15 is 0 Å². The molecule has 0 saturated heterocycles. The van der Waals surface area contributed by atoms with Gasteiger partial charge in [-0.2, -0.15) is 5.26 Å². The van der Waals surface area contributed by atoms with Crippen LogP contribution in [-0.4, -0.2) is 23.0 Å². The highest BCUT2D eigenvalue weighted by molar-refractivity contribution is 5.84. The van der Waals surface area contributed by atoms with E-state index in [-0.39, 0.29) is 11.9 Å². The molecule has 2 N–H and O–H groups in total. The van der Waals surface area contributed by atoms with Crippen LogP contribution in [0.1, 0.15) is 49.4 Å². The van der Waals surface area contributed by atoms with Gasteiger partial charge in [0.1, 0.15) is 17.9 Å². The van der Waals surface area contributed by atoms with E-state index in [1.165, 1.54) is 5.56 Å². The number of anilines is 1. The van der Waals surface area contributed by atoms with Crippen LogP contribution in [0.3, 0.4) is 0 Å². The van der Waals surface area contributed by atoms with Crippen LogP contribution >= 0.6 is 0 Å². The fraction of sp³-hybridized carbons (Fsp3) is 0.562. The molecular formula is C16H20N4O. The van der Waals surface area contributed by atoms with Crippen LogP contribution in [0.25, 0.3) is 0 Å². The lowest BCUT2D eigenvalue weighted by Crippen LogP contribution is -2.39. The molecule has 0 aliphatic heterocycles. The molecule has 1 saturated carbocycles. The lowest BCUT2D eigenvalue weighted by atomic mass is 9.95. The standard InChI is InChI=1S/C16H20N4O/c1-10(16(21)19-13-6-7-13)18-15-12(9-17)8-11-4-2-3-5-14(11)20-15/h8,10,13H,2-7H2,1H3,(H,18,20)(H,19,21). The number of hydrogen-bond acceptors (Lipinski definition) is 4. The maximum Gasteiger partial charge on any atom is 0.242 e. The van der Waals surface area contributed by atoms with Gasteiger partial charge in [-0.25, -0.2) is 4.98 Å². The van der Waals surface area contributed by atoms with Gasteiger partial charge in [-0.05, 0) is 57.1 Å². The molecule has 2 aliphatic rings. The first-order valence-electron chi connectivity index (χ1n) is 7.67. The number of nitrogens with zero attached hydrogens (tertiary/aromatic N) is 2. The lowest BCUT2D eigenvalue weighted by molar-refractivity contribution is -0.121. The predicted octanol–water partition coefficient (Wildman–Crippen LogP) is 1.91. The van der Waals surface area contributed by atoms with E-state index < -0.39 is 0 Å². The fourth-order valence-corrected chi connectivity index (χ4v) is 2.65. The molecule has 0 bridgehead atoms. The number of pyridine rings is 1. The van der Waals surface area contributed by atoms with E-state index in [0.717, 1.165) is 44.2 Å². The van der Waals surface area contributed by atoms with Gasteiger partial charge in [0.2, 0.25) is 5.91 Å². The summed E-state index contributed by atoms with van der Waals surface area (Å²) >= 11 is 0. The number of carbonyl (C=O) groups excluding carboxylic acids is 1. The number of fused-ring (bicyclic) bond motifs is 1. The number of rotatable bonds is 4. The maximum atomic E-state index is 12.0. The zero-order valence-corrected chi connectivity index (χ0v) is 12.3.